The molecule has 6 aromatic rings. The molecule has 1 aliphatic rings. The van der Waals surface area contributed by atoms with Gasteiger partial charge in [-0.2, -0.15) is 0 Å². The molecule has 0 bridgehead atoms. The van der Waals surface area contributed by atoms with E-state index in [0.29, 0.717) is 24.0 Å². The molecule has 0 spiro atoms. The molecule has 0 N–H and O–H groups in total. The molecule has 7 rings (SSSR count). The smallest absolute Gasteiger partial charge is 0.194 e. The van der Waals surface area contributed by atoms with Crippen molar-refractivity contribution in [1.82, 2.24) is 0 Å². The number of halogens is 6. The van der Waals surface area contributed by atoms with Gasteiger partial charge in [0.25, 0.3) is 0 Å². The molecule has 0 aromatic heterocycles. The van der Waals surface area contributed by atoms with Crippen LogP contribution in [0.4, 0.5) is 26.3 Å². The van der Waals surface area contributed by atoms with Gasteiger partial charge in [-0.15, -0.1) is 0 Å². The van der Waals surface area contributed by atoms with Gasteiger partial charge in [0.2, 0.25) is 0 Å². The number of benzene rings is 6. The van der Waals surface area contributed by atoms with Gasteiger partial charge in [0.05, 0.1) is 0 Å². The van der Waals surface area contributed by atoms with Gasteiger partial charge in [-0.3, -0.25) is 0 Å². The highest BCUT2D eigenvalue weighted by Crippen LogP contribution is 2.48. The molecular weight excluding hydrogens is 546 g/mol. The summed E-state index contributed by atoms with van der Waals surface area (Å²) in [5, 5.41) is 3.44. The zero-order chi connectivity index (χ0) is 29.1. The summed E-state index contributed by atoms with van der Waals surface area (Å²) in [6.45, 7) is 0. The van der Waals surface area contributed by atoms with Crippen LogP contribution in [0.2, 0.25) is 0 Å². The molecule has 0 unspecified atom stereocenters. The number of fused-ring (bicyclic) bond motifs is 7. The van der Waals surface area contributed by atoms with Crippen molar-refractivity contribution in [3.8, 4) is 33.4 Å². The normalized spacial score (nSPS) is 13.1. The maximum atomic E-state index is 14.5. The Morgan fingerprint density at radius 2 is 0.786 bits per heavy atom. The van der Waals surface area contributed by atoms with E-state index in [1.165, 1.54) is 0 Å². The number of rotatable bonds is 2. The Hall–Kier alpha value is -4.58. The zero-order valence-corrected chi connectivity index (χ0v) is 22.2. The first-order chi connectivity index (χ1) is 20.3. The third-order valence-electron chi connectivity index (χ3n) is 8.26. The summed E-state index contributed by atoms with van der Waals surface area (Å²) in [7, 11) is 0. The minimum atomic E-state index is -1.53. The van der Waals surface area contributed by atoms with Gasteiger partial charge in [-0.1, -0.05) is 48.5 Å². The molecule has 208 valence electrons. The highest BCUT2D eigenvalue weighted by Gasteiger charge is 2.26. The summed E-state index contributed by atoms with van der Waals surface area (Å²) in [5.41, 5.74) is 5.01. The van der Waals surface area contributed by atoms with Crippen LogP contribution in [0.5, 0.6) is 0 Å². The van der Waals surface area contributed by atoms with Gasteiger partial charge in [0.1, 0.15) is 0 Å². The summed E-state index contributed by atoms with van der Waals surface area (Å²) < 4.78 is 85.9. The van der Waals surface area contributed by atoms with E-state index in [1.54, 1.807) is 0 Å². The van der Waals surface area contributed by atoms with E-state index in [-0.39, 0.29) is 11.1 Å². The van der Waals surface area contributed by atoms with Crippen LogP contribution in [-0.4, -0.2) is 0 Å². The lowest BCUT2D eigenvalue weighted by Crippen LogP contribution is -2.06. The Bertz CT molecular complexity index is 1860. The first kappa shape index (κ1) is 26.3. The van der Waals surface area contributed by atoms with E-state index < -0.39 is 34.9 Å². The van der Waals surface area contributed by atoms with Crippen molar-refractivity contribution in [2.75, 3.05) is 0 Å². The molecule has 0 aliphatic heterocycles. The van der Waals surface area contributed by atoms with Crippen LogP contribution in [0.1, 0.15) is 24.0 Å². The quantitative estimate of drug-likeness (QED) is 0.144. The lowest BCUT2D eigenvalue weighted by Gasteiger charge is -2.26. The summed E-state index contributed by atoms with van der Waals surface area (Å²) >= 11 is 0. The molecule has 0 atom stereocenters. The molecule has 0 radical (unpaired) electrons. The average molecular weight is 569 g/mol. The Morgan fingerprint density at radius 1 is 0.429 bits per heavy atom. The second-order valence-electron chi connectivity index (χ2n) is 10.7. The second-order valence-corrected chi connectivity index (χ2v) is 10.7. The Balaban J connectivity index is 1.66. The molecule has 0 nitrogen and oxygen atoms in total. The molecule has 1 aliphatic carbocycles. The Kier molecular flexibility index (Phi) is 6.30. The van der Waals surface area contributed by atoms with E-state index in [0.717, 1.165) is 80.9 Å². The third-order valence-corrected chi connectivity index (χ3v) is 8.26. The molecular formula is C36H22F6. The monoisotopic (exact) mass is 568 g/mol. The van der Waals surface area contributed by atoms with Crippen LogP contribution in [-0.2, 0) is 12.8 Å². The third kappa shape index (κ3) is 4.16. The van der Waals surface area contributed by atoms with Crippen molar-refractivity contribution in [2.24, 2.45) is 0 Å². The fourth-order valence-corrected chi connectivity index (χ4v) is 6.41. The van der Waals surface area contributed by atoms with Crippen molar-refractivity contribution >= 4 is 21.5 Å². The summed E-state index contributed by atoms with van der Waals surface area (Å²) in [6, 6.07) is 23.1. The van der Waals surface area contributed by atoms with E-state index in [4.69, 9.17) is 0 Å². The molecule has 0 amide bonds. The Morgan fingerprint density at radius 3 is 1.17 bits per heavy atom. The highest BCUT2D eigenvalue weighted by atomic mass is 19.2. The maximum Gasteiger partial charge on any atom is 0.194 e. The van der Waals surface area contributed by atoms with E-state index in [1.807, 2.05) is 60.7 Å². The van der Waals surface area contributed by atoms with Crippen LogP contribution in [0.3, 0.4) is 0 Å². The van der Waals surface area contributed by atoms with Gasteiger partial charge in [0.15, 0.2) is 34.9 Å². The number of hydrogen-bond acceptors (Lipinski definition) is 0. The minimum Gasteiger partial charge on any atom is -0.204 e. The predicted molar refractivity (Wildman–Crippen MR) is 154 cm³/mol. The highest BCUT2D eigenvalue weighted by molar-refractivity contribution is 6.11. The number of hydrogen-bond donors (Lipinski definition) is 0. The standard InChI is InChI=1S/C36H22F6/c37-29-15-21(16-30(38)35(29)41)27-13-19-7-1-3-9-23(19)33-25(27)11-5-6-12-26-28(22-17-31(39)36(42)32(40)18-22)14-20-8-2-4-10-24(20)34(26)33/h1-4,7-10,13-18H,5-6,11-12H2. The molecule has 0 fully saturated rings. The lowest BCUT2D eigenvalue weighted by molar-refractivity contribution is 0.447. The van der Waals surface area contributed by atoms with E-state index >= 15 is 0 Å². The van der Waals surface area contributed by atoms with Crippen LogP contribution < -0.4 is 0 Å². The van der Waals surface area contributed by atoms with Crippen LogP contribution in [0, 0.1) is 34.9 Å². The van der Waals surface area contributed by atoms with Crippen molar-refractivity contribution < 1.29 is 26.3 Å². The van der Waals surface area contributed by atoms with Crippen molar-refractivity contribution in [3.05, 3.63) is 131 Å². The molecule has 0 saturated heterocycles. The van der Waals surface area contributed by atoms with Gasteiger partial charge in [0, 0.05) is 0 Å². The second kappa shape index (κ2) is 10.1. The van der Waals surface area contributed by atoms with E-state index in [9.17, 15) is 26.3 Å². The summed E-state index contributed by atoms with van der Waals surface area (Å²) in [6.07, 6.45) is 2.63. The predicted octanol–water partition coefficient (Wildman–Crippen LogP) is 10.7. The first-order valence-corrected chi connectivity index (χ1v) is 13.7. The molecule has 42 heavy (non-hydrogen) atoms. The van der Waals surface area contributed by atoms with Crippen molar-refractivity contribution in [3.63, 3.8) is 0 Å². The fraction of sp³-hybridized carbons (Fsp3) is 0.111. The SMILES string of the molecule is Fc1cc(-c2cc3ccccc3c3c2CCCCc2c(-c4cc(F)c(F)c(F)c4)cc4ccccc4c2-3)cc(F)c1F. The van der Waals surface area contributed by atoms with Gasteiger partial charge >= 0.3 is 0 Å². The zero-order valence-electron chi connectivity index (χ0n) is 22.2. The summed E-state index contributed by atoms with van der Waals surface area (Å²) in [4.78, 5) is 0. The molecule has 0 saturated carbocycles. The minimum absolute atomic E-state index is 0.221. The van der Waals surface area contributed by atoms with Crippen molar-refractivity contribution in [2.45, 2.75) is 25.7 Å². The van der Waals surface area contributed by atoms with E-state index in [2.05, 4.69) is 0 Å². The van der Waals surface area contributed by atoms with Gasteiger partial charge < -0.3 is 0 Å². The average Bonchev–Trinajstić information content (AvgIpc) is 2.98. The largest absolute Gasteiger partial charge is 0.204 e. The first-order valence-electron chi connectivity index (χ1n) is 13.7. The van der Waals surface area contributed by atoms with Gasteiger partial charge in [-0.25, -0.2) is 26.3 Å². The van der Waals surface area contributed by atoms with Crippen LogP contribution >= 0.6 is 0 Å². The molecule has 6 aromatic carbocycles. The lowest BCUT2D eigenvalue weighted by atomic mass is 9.77. The fourth-order valence-electron chi connectivity index (χ4n) is 6.41. The van der Waals surface area contributed by atoms with Gasteiger partial charge in [-0.05, 0) is 128 Å². The topological polar surface area (TPSA) is 0 Å². The van der Waals surface area contributed by atoms with Crippen LogP contribution in [0.25, 0.3) is 54.9 Å². The molecule has 6 heteroatoms. The van der Waals surface area contributed by atoms with Crippen LogP contribution in [0.15, 0.2) is 84.9 Å². The van der Waals surface area contributed by atoms with Crippen molar-refractivity contribution in [1.29, 1.82) is 0 Å². The maximum absolute atomic E-state index is 14.5. The Labute approximate surface area is 237 Å². The summed E-state index contributed by atoms with van der Waals surface area (Å²) in [5.74, 6) is -8.14. The molecule has 0 heterocycles.